The SMILES string of the molecule is COc1ccc(C2CC=C(C(=O)O)C=C2C)cc1-c1ccc(N2CCC2)nc1CN1C[C@@H](C2=CC(C(F)(F)F)CC(C(F)(F)F)=C2)OC1=O. The number of aliphatic carboxylic acids is 1. The highest BCUT2D eigenvalue weighted by atomic mass is 19.4. The van der Waals surface area contributed by atoms with E-state index in [2.05, 4.69) is 0 Å². The summed E-state index contributed by atoms with van der Waals surface area (Å²) in [5.41, 5.74) is 1.95. The number of hydrogen-bond donors (Lipinski definition) is 1. The van der Waals surface area contributed by atoms with E-state index in [0.29, 0.717) is 47.0 Å². The molecule has 0 spiro atoms. The van der Waals surface area contributed by atoms with Gasteiger partial charge in [-0.15, -0.1) is 0 Å². The van der Waals surface area contributed by atoms with Crippen LogP contribution in [0.5, 0.6) is 5.75 Å². The van der Waals surface area contributed by atoms with Gasteiger partial charge in [0, 0.05) is 35.7 Å². The van der Waals surface area contributed by atoms with Crippen molar-refractivity contribution in [1.29, 1.82) is 0 Å². The number of pyridine rings is 1. The zero-order valence-electron chi connectivity index (χ0n) is 26.6. The lowest BCUT2D eigenvalue weighted by atomic mass is 9.83. The lowest BCUT2D eigenvalue weighted by Crippen LogP contribution is -2.38. The van der Waals surface area contributed by atoms with Crippen LogP contribution in [0.15, 0.2) is 76.9 Å². The van der Waals surface area contributed by atoms with Gasteiger partial charge in [0.25, 0.3) is 0 Å². The monoisotopic (exact) mass is 689 g/mol. The van der Waals surface area contributed by atoms with E-state index in [4.69, 9.17) is 14.5 Å². The summed E-state index contributed by atoms with van der Waals surface area (Å²) in [6, 6.07) is 9.29. The molecule has 14 heteroatoms. The highest BCUT2D eigenvalue weighted by Crippen LogP contribution is 2.44. The predicted molar refractivity (Wildman–Crippen MR) is 167 cm³/mol. The van der Waals surface area contributed by atoms with Gasteiger partial charge in [-0.1, -0.05) is 23.8 Å². The third-order valence-corrected chi connectivity index (χ3v) is 9.37. The van der Waals surface area contributed by atoms with Crippen molar-refractivity contribution in [2.24, 2.45) is 5.92 Å². The average molecular weight is 690 g/mol. The summed E-state index contributed by atoms with van der Waals surface area (Å²) >= 11 is 0. The number of carbonyl (C=O) groups excluding carboxylic acids is 1. The predicted octanol–water partition coefficient (Wildman–Crippen LogP) is 7.73. The number of benzene rings is 1. The van der Waals surface area contributed by atoms with E-state index < -0.39 is 48.4 Å². The molecule has 260 valence electrons. The fourth-order valence-electron chi connectivity index (χ4n) is 6.55. The number of carboxylic acids is 1. The van der Waals surface area contributed by atoms with Gasteiger partial charge in [0.2, 0.25) is 0 Å². The highest BCUT2D eigenvalue weighted by molar-refractivity contribution is 5.90. The molecule has 8 nitrogen and oxygen atoms in total. The normalized spacial score (nSPS) is 22.9. The van der Waals surface area contributed by atoms with E-state index >= 15 is 0 Å². The van der Waals surface area contributed by atoms with Crippen molar-refractivity contribution in [2.75, 3.05) is 31.6 Å². The molecule has 3 heterocycles. The molecule has 2 saturated heterocycles. The maximum atomic E-state index is 13.6. The first-order valence-electron chi connectivity index (χ1n) is 15.7. The molecule has 1 aromatic carbocycles. The number of hydrogen-bond acceptors (Lipinski definition) is 6. The Morgan fingerprint density at radius 3 is 2.45 bits per heavy atom. The Kier molecular flexibility index (Phi) is 9.01. The lowest BCUT2D eigenvalue weighted by Gasteiger charge is -2.32. The van der Waals surface area contributed by atoms with Gasteiger partial charge in [-0.25, -0.2) is 14.6 Å². The van der Waals surface area contributed by atoms with Crippen molar-refractivity contribution in [3.63, 3.8) is 0 Å². The summed E-state index contributed by atoms with van der Waals surface area (Å²) in [5.74, 6) is -2.34. The van der Waals surface area contributed by atoms with Gasteiger partial charge >= 0.3 is 24.4 Å². The molecular formula is C35H33F6N3O5. The number of anilines is 1. The molecule has 2 aliphatic carbocycles. The molecule has 1 N–H and O–H groups in total. The molecule has 6 rings (SSSR count). The Balaban J connectivity index is 1.34. The zero-order chi connectivity index (χ0) is 35.2. The molecule has 49 heavy (non-hydrogen) atoms. The molecule has 2 unspecified atom stereocenters. The van der Waals surface area contributed by atoms with Gasteiger partial charge in [0.05, 0.1) is 37.4 Å². The maximum absolute atomic E-state index is 13.6. The molecule has 0 saturated carbocycles. The number of aromatic nitrogens is 1. The number of amides is 1. The Labute approximate surface area is 278 Å². The van der Waals surface area contributed by atoms with Crippen molar-refractivity contribution in [1.82, 2.24) is 9.88 Å². The molecule has 2 fully saturated rings. The minimum absolute atomic E-state index is 0.113. The van der Waals surface area contributed by atoms with Crippen molar-refractivity contribution >= 4 is 17.9 Å². The van der Waals surface area contributed by atoms with Crippen LogP contribution >= 0.6 is 0 Å². The number of carbonyl (C=O) groups is 2. The number of alkyl halides is 6. The molecular weight excluding hydrogens is 656 g/mol. The third-order valence-electron chi connectivity index (χ3n) is 9.37. The van der Waals surface area contributed by atoms with Crippen molar-refractivity contribution in [3.05, 3.63) is 88.2 Å². The van der Waals surface area contributed by atoms with Crippen LogP contribution in [0.25, 0.3) is 11.1 Å². The lowest BCUT2D eigenvalue weighted by molar-refractivity contribution is -0.166. The number of methoxy groups -OCH3 is 1. The molecule has 4 aliphatic rings. The summed E-state index contributed by atoms with van der Waals surface area (Å²) in [5, 5.41) is 9.43. The fourth-order valence-corrected chi connectivity index (χ4v) is 6.55. The van der Waals surface area contributed by atoms with Gasteiger partial charge in [0.1, 0.15) is 17.7 Å². The van der Waals surface area contributed by atoms with Crippen LogP contribution in [-0.2, 0) is 16.1 Å². The number of halogens is 6. The van der Waals surface area contributed by atoms with Gasteiger partial charge in [-0.3, -0.25) is 4.90 Å². The first-order chi connectivity index (χ1) is 23.1. The van der Waals surface area contributed by atoms with Crippen LogP contribution in [0.4, 0.5) is 37.0 Å². The third kappa shape index (κ3) is 7.04. The van der Waals surface area contributed by atoms with Gasteiger partial charge < -0.3 is 19.5 Å². The second kappa shape index (κ2) is 12.9. The smallest absolute Gasteiger partial charge is 0.412 e. The first kappa shape index (κ1) is 34.1. The number of rotatable bonds is 8. The minimum atomic E-state index is -4.98. The summed E-state index contributed by atoms with van der Waals surface area (Å²) in [6.07, 6.45) is -7.29. The van der Waals surface area contributed by atoms with E-state index in [0.717, 1.165) is 30.6 Å². The molecule has 3 atom stereocenters. The number of cyclic esters (lactones) is 1. The van der Waals surface area contributed by atoms with Gasteiger partial charge in [-0.2, -0.15) is 26.3 Å². The summed E-state index contributed by atoms with van der Waals surface area (Å²) in [7, 11) is 1.50. The first-order valence-corrected chi connectivity index (χ1v) is 15.7. The standard InChI is InChI=1S/C35H33F6N3O5/c1-19-12-21(32(45)46)4-6-25(19)20-5-8-29(48-2)27(15-20)26-7-9-31(43-10-3-11-43)42-28(26)17-44-18-30(49-33(44)47)22-13-23(34(36,37)38)16-24(14-22)35(39,40)41/h4-5,7-9,12-15,23,25,30H,3,6,10-11,16-18H2,1-2H3,(H,45,46)/t23?,25?,30-/m0/s1. The molecule has 0 radical (unpaired) electrons. The van der Waals surface area contributed by atoms with E-state index in [1.807, 2.05) is 36.1 Å². The Bertz CT molecular complexity index is 1790. The van der Waals surface area contributed by atoms with Crippen molar-refractivity contribution in [2.45, 2.75) is 57.1 Å². The Hall–Kier alpha value is -4.75. The number of nitrogens with zero attached hydrogens (tertiary/aromatic N) is 3. The summed E-state index contributed by atoms with van der Waals surface area (Å²) < 4.78 is 92.7. The number of ether oxygens (including phenoxy) is 2. The van der Waals surface area contributed by atoms with Crippen LogP contribution in [0.2, 0.25) is 0 Å². The molecule has 2 aromatic rings. The van der Waals surface area contributed by atoms with E-state index in [1.165, 1.54) is 12.0 Å². The molecule has 2 aliphatic heterocycles. The van der Waals surface area contributed by atoms with Crippen molar-refractivity contribution in [3.8, 4) is 16.9 Å². The van der Waals surface area contributed by atoms with Gasteiger partial charge in [-0.05, 0) is 73.7 Å². The molecule has 0 bridgehead atoms. The highest BCUT2D eigenvalue weighted by Gasteiger charge is 2.47. The second-order valence-corrected chi connectivity index (χ2v) is 12.5. The van der Waals surface area contributed by atoms with Crippen LogP contribution < -0.4 is 9.64 Å². The molecule has 1 aromatic heterocycles. The van der Waals surface area contributed by atoms with Gasteiger partial charge in [0.15, 0.2) is 0 Å². The molecule has 1 amide bonds. The minimum Gasteiger partial charge on any atom is -0.496 e. The van der Waals surface area contributed by atoms with Crippen LogP contribution in [0.3, 0.4) is 0 Å². The maximum Gasteiger partial charge on any atom is 0.412 e. The number of carboxylic acid groups (broad SMARTS) is 1. The van der Waals surface area contributed by atoms with Crippen molar-refractivity contribution < 1.29 is 50.5 Å². The van der Waals surface area contributed by atoms with E-state index in [9.17, 15) is 41.0 Å². The Morgan fingerprint density at radius 1 is 1.08 bits per heavy atom. The fraction of sp³-hybridized carbons (Fsp3) is 0.400. The topological polar surface area (TPSA) is 92.2 Å². The summed E-state index contributed by atoms with van der Waals surface area (Å²) in [4.78, 5) is 32.8. The van der Waals surface area contributed by atoms with Crippen LogP contribution in [0, 0.1) is 5.92 Å². The summed E-state index contributed by atoms with van der Waals surface area (Å²) in [6.45, 7) is 2.99. The number of allylic oxidation sites excluding steroid dienone is 4. The van der Waals surface area contributed by atoms with E-state index in [1.54, 1.807) is 18.2 Å². The Morgan fingerprint density at radius 2 is 1.84 bits per heavy atom. The quantitative estimate of drug-likeness (QED) is 0.284. The second-order valence-electron chi connectivity index (χ2n) is 12.5. The zero-order valence-corrected chi connectivity index (χ0v) is 26.6. The van der Waals surface area contributed by atoms with Crippen LogP contribution in [-0.4, -0.2) is 72.3 Å². The largest absolute Gasteiger partial charge is 0.496 e. The van der Waals surface area contributed by atoms with Crippen LogP contribution in [0.1, 0.15) is 43.4 Å². The average Bonchev–Trinajstić information content (AvgIpc) is 3.38. The van der Waals surface area contributed by atoms with E-state index in [-0.39, 0.29) is 30.2 Å².